The lowest BCUT2D eigenvalue weighted by Gasteiger charge is -2.31. The number of hydrogen-bond donors (Lipinski definition) is 0. The number of aromatic nitrogens is 1. The second kappa shape index (κ2) is 9.45. The summed E-state index contributed by atoms with van der Waals surface area (Å²) in [7, 11) is 5.22. The Kier molecular flexibility index (Phi) is 6.45. The molecule has 1 aliphatic rings. The van der Waals surface area contributed by atoms with Crippen LogP contribution < -0.4 is 4.74 Å². The first-order valence-corrected chi connectivity index (χ1v) is 11.1. The van der Waals surface area contributed by atoms with Gasteiger partial charge in [0.15, 0.2) is 0 Å². The van der Waals surface area contributed by atoms with E-state index in [0.29, 0.717) is 31.6 Å². The second-order valence-corrected chi connectivity index (χ2v) is 8.75. The van der Waals surface area contributed by atoms with Crippen molar-refractivity contribution < 1.29 is 14.3 Å². The van der Waals surface area contributed by atoms with Crippen LogP contribution in [0.5, 0.6) is 5.75 Å². The van der Waals surface area contributed by atoms with Gasteiger partial charge in [0.25, 0.3) is 5.91 Å². The molecule has 0 bridgehead atoms. The Morgan fingerprint density at radius 1 is 1.03 bits per heavy atom. The van der Waals surface area contributed by atoms with E-state index in [1.807, 2.05) is 24.3 Å². The zero-order chi connectivity index (χ0) is 23.4. The van der Waals surface area contributed by atoms with Gasteiger partial charge >= 0.3 is 0 Å². The normalized spacial score (nSPS) is 17.6. The highest BCUT2D eigenvalue weighted by molar-refractivity contribution is 5.93. The van der Waals surface area contributed by atoms with Crippen LogP contribution in [0, 0.1) is 5.41 Å². The number of para-hydroxylation sites is 1. The number of ether oxygens (including phenoxy) is 1. The standard InChI is InChI=1S/C27H29N3O3/c1-29(2)26(32)27(15-17-30(19-27)25(31)23-9-6-7-16-28-23)18-20-11-13-21(14-12-20)22-8-4-5-10-24(22)33-3/h4-14,16H,15,17-19H2,1-3H3/t27-/m0/s1. The first-order valence-electron chi connectivity index (χ1n) is 11.1. The van der Waals surface area contributed by atoms with Crippen molar-refractivity contribution in [2.24, 2.45) is 5.41 Å². The average molecular weight is 444 g/mol. The summed E-state index contributed by atoms with van der Waals surface area (Å²) in [6, 6.07) is 21.5. The van der Waals surface area contributed by atoms with E-state index in [-0.39, 0.29) is 11.8 Å². The quantitative estimate of drug-likeness (QED) is 0.579. The van der Waals surface area contributed by atoms with Crippen LogP contribution >= 0.6 is 0 Å². The van der Waals surface area contributed by atoms with Crippen LogP contribution in [0.25, 0.3) is 11.1 Å². The Bertz CT molecular complexity index is 1130. The van der Waals surface area contributed by atoms with Gasteiger partial charge in [0, 0.05) is 38.9 Å². The predicted octanol–water partition coefficient (Wildman–Crippen LogP) is 3.92. The van der Waals surface area contributed by atoms with Gasteiger partial charge in [-0.15, -0.1) is 0 Å². The van der Waals surface area contributed by atoms with E-state index in [9.17, 15) is 9.59 Å². The third-order valence-corrected chi connectivity index (χ3v) is 6.30. The topological polar surface area (TPSA) is 62.7 Å². The van der Waals surface area contributed by atoms with Gasteiger partial charge < -0.3 is 14.5 Å². The molecule has 1 aliphatic heterocycles. The Balaban J connectivity index is 1.57. The SMILES string of the molecule is COc1ccccc1-c1ccc(C[C@@]2(C(=O)N(C)C)CCN(C(=O)c3ccccn3)C2)cc1. The van der Waals surface area contributed by atoms with Gasteiger partial charge in [-0.25, -0.2) is 0 Å². The summed E-state index contributed by atoms with van der Waals surface area (Å²) in [5, 5.41) is 0. The van der Waals surface area contributed by atoms with Crippen LogP contribution in [0.3, 0.4) is 0 Å². The summed E-state index contributed by atoms with van der Waals surface area (Å²) < 4.78 is 5.49. The van der Waals surface area contributed by atoms with E-state index in [2.05, 4.69) is 29.2 Å². The minimum absolute atomic E-state index is 0.0487. The molecule has 0 N–H and O–H groups in total. The molecular formula is C27H29N3O3. The number of methoxy groups -OCH3 is 1. The van der Waals surface area contributed by atoms with E-state index in [1.165, 1.54) is 0 Å². The highest BCUT2D eigenvalue weighted by Crippen LogP contribution is 2.37. The van der Waals surface area contributed by atoms with Gasteiger partial charge in [0.05, 0.1) is 12.5 Å². The van der Waals surface area contributed by atoms with Crippen molar-refractivity contribution in [3.05, 3.63) is 84.2 Å². The fourth-order valence-corrected chi connectivity index (χ4v) is 4.64. The molecule has 0 unspecified atom stereocenters. The lowest BCUT2D eigenvalue weighted by Crippen LogP contribution is -2.44. The zero-order valence-corrected chi connectivity index (χ0v) is 19.3. The summed E-state index contributed by atoms with van der Waals surface area (Å²) in [4.78, 5) is 33.9. The lowest BCUT2D eigenvalue weighted by atomic mass is 9.79. The van der Waals surface area contributed by atoms with Crippen LogP contribution in [-0.2, 0) is 11.2 Å². The minimum Gasteiger partial charge on any atom is -0.496 e. The Labute approximate surface area is 194 Å². The fraction of sp³-hybridized carbons (Fsp3) is 0.296. The maximum absolute atomic E-state index is 13.3. The number of pyridine rings is 1. The summed E-state index contributed by atoms with van der Waals surface area (Å²) in [5.74, 6) is 0.743. The van der Waals surface area contributed by atoms with Crippen LogP contribution in [0.2, 0.25) is 0 Å². The van der Waals surface area contributed by atoms with Crippen molar-refractivity contribution in [2.45, 2.75) is 12.8 Å². The Morgan fingerprint density at radius 2 is 1.76 bits per heavy atom. The van der Waals surface area contributed by atoms with Gasteiger partial charge in [-0.3, -0.25) is 14.6 Å². The van der Waals surface area contributed by atoms with Gasteiger partial charge in [-0.05, 0) is 42.2 Å². The summed E-state index contributed by atoms with van der Waals surface area (Å²) >= 11 is 0. The highest BCUT2D eigenvalue weighted by Gasteiger charge is 2.47. The maximum atomic E-state index is 13.3. The Morgan fingerprint density at radius 3 is 2.42 bits per heavy atom. The van der Waals surface area contributed by atoms with Gasteiger partial charge in [-0.1, -0.05) is 48.5 Å². The molecular weight excluding hydrogens is 414 g/mol. The first kappa shape index (κ1) is 22.5. The fourth-order valence-electron chi connectivity index (χ4n) is 4.64. The number of hydrogen-bond acceptors (Lipinski definition) is 4. The number of amides is 2. The van der Waals surface area contributed by atoms with E-state index >= 15 is 0 Å². The largest absolute Gasteiger partial charge is 0.496 e. The number of benzene rings is 2. The highest BCUT2D eigenvalue weighted by atomic mass is 16.5. The maximum Gasteiger partial charge on any atom is 0.272 e. The van der Waals surface area contributed by atoms with Crippen molar-refractivity contribution >= 4 is 11.8 Å². The molecule has 170 valence electrons. The minimum atomic E-state index is -0.653. The van der Waals surface area contributed by atoms with Crippen molar-refractivity contribution in [1.29, 1.82) is 0 Å². The van der Waals surface area contributed by atoms with Crippen LogP contribution in [-0.4, -0.2) is 60.9 Å². The first-order chi connectivity index (χ1) is 15.9. The van der Waals surface area contributed by atoms with E-state index in [0.717, 1.165) is 22.4 Å². The van der Waals surface area contributed by atoms with Gasteiger partial charge in [-0.2, -0.15) is 0 Å². The predicted molar refractivity (Wildman–Crippen MR) is 128 cm³/mol. The number of carbonyl (C=O) groups is 2. The molecule has 6 nitrogen and oxygen atoms in total. The van der Waals surface area contributed by atoms with Crippen molar-refractivity contribution in [3.8, 4) is 16.9 Å². The van der Waals surface area contributed by atoms with Crippen LogP contribution in [0.15, 0.2) is 72.9 Å². The molecule has 3 aromatic rings. The van der Waals surface area contributed by atoms with Crippen LogP contribution in [0.4, 0.5) is 0 Å². The molecule has 2 aromatic carbocycles. The number of nitrogens with zero attached hydrogens (tertiary/aromatic N) is 3. The van der Waals surface area contributed by atoms with E-state index < -0.39 is 5.41 Å². The molecule has 0 radical (unpaired) electrons. The van der Waals surface area contributed by atoms with Crippen LogP contribution in [0.1, 0.15) is 22.5 Å². The number of likely N-dealkylation sites (tertiary alicyclic amines) is 1. The third-order valence-electron chi connectivity index (χ3n) is 6.30. The van der Waals surface area contributed by atoms with Crippen molar-refractivity contribution in [3.63, 3.8) is 0 Å². The number of carbonyl (C=O) groups excluding carboxylic acids is 2. The monoisotopic (exact) mass is 443 g/mol. The Hall–Kier alpha value is -3.67. The molecule has 0 spiro atoms. The molecule has 0 aliphatic carbocycles. The molecule has 4 rings (SSSR count). The lowest BCUT2D eigenvalue weighted by molar-refractivity contribution is -0.138. The van der Waals surface area contributed by atoms with Crippen molar-refractivity contribution in [2.75, 3.05) is 34.3 Å². The second-order valence-electron chi connectivity index (χ2n) is 8.75. The summed E-state index contributed by atoms with van der Waals surface area (Å²) in [6.07, 6.45) is 2.81. The molecule has 6 heteroatoms. The molecule has 2 heterocycles. The average Bonchev–Trinajstić information content (AvgIpc) is 3.29. The smallest absolute Gasteiger partial charge is 0.272 e. The molecule has 0 saturated carbocycles. The van der Waals surface area contributed by atoms with Gasteiger partial charge in [0.1, 0.15) is 11.4 Å². The molecule has 1 atom stereocenters. The third kappa shape index (κ3) is 4.60. The van der Waals surface area contributed by atoms with Gasteiger partial charge in [0.2, 0.25) is 5.91 Å². The summed E-state index contributed by atoms with van der Waals surface area (Å²) in [5.41, 5.74) is 2.91. The molecule has 2 amide bonds. The number of rotatable bonds is 6. The molecule has 1 aromatic heterocycles. The van der Waals surface area contributed by atoms with E-state index in [4.69, 9.17) is 4.74 Å². The molecule has 1 saturated heterocycles. The molecule has 1 fully saturated rings. The van der Waals surface area contributed by atoms with Crippen molar-refractivity contribution in [1.82, 2.24) is 14.8 Å². The summed E-state index contributed by atoms with van der Waals surface area (Å²) in [6.45, 7) is 0.919. The van der Waals surface area contributed by atoms with E-state index in [1.54, 1.807) is 55.4 Å². The molecule has 33 heavy (non-hydrogen) atoms. The zero-order valence-electron chi connectivity index (χ0n) is 19.3.